The zero-order valence-corrected chi connectivity index (χ0v) is 17.7. The summed E-state index contributed by atoms with van der Waals surface area (Å²) >= 11 is 0. The average molecular weight is 326 g/mol. The van der Waals surface area contributed by atoms with Gasteiger partial charge in [0, 0.05) is 0 Å². The lowest BCUT2D eigenvalue weighted by molar-refractivity contribution is 0.232. The van der Waals surface area contributed by atoms with Gasteiger partial charge in [0.05, 0.1) is 0 Å². The van der Waals surface area contributed by atoms with E-state index in [2.05, 4.69) is 39.1 Å². The summed E-state index contributed by atoms with van der Waals surface area (Å²) in [4.78, 5) is 0. The van der Waals surface area contributed by atoms with E-state index in [4.69, 9.17) is 0 Å². The van der Waals surface area contributed by atoms with Crippen LogP contribution in [0.2, 0.25) is 0 Å². The van der Waals surface area contributed by atoms with E-state index in [1.54, 1.807) is 5.57 Å². The Balaban J connectivity index is 0. The van der Waals surface area contributed by atoms with Gasteiger partial charge in [-0.25, -0.2) is 0 Å². The van der Waals surface area contributed by atoms with Crippen molar-refractivity contribution in [2.75, 3.05) is 13.1 Å². The smallest absolute Gasteiger partial charge is 0.00463 e. The van der Waals surface area contributed by atoms with Crippen molar-refractivity contribution < 1.29 is 0 Å². The topological polar surface area (TPSA) is 12.0 Å². The molecule has 1 fully saturated rings. The normalized spacial score (nSPS) is 19.7. The van der Waals surface area contributed by atoms with Crippen LogP contribution in [0.25, 0.3) is 0 Å². The molecule has 23 heavy (non-hydrogen) atoms. The van der Waals surface area contributed by atoms with Gasteiger partial charge >= 0.3 is 0 Å². The van der Waals surface area contributed by atoms with Crippen molar-refractivity contribution in [2.45, 2.75) is 107 Å². The van der Waals surface area contributed by atoms with E-state index >= 15 is 0 Å². The molecule has 1 saturated heterocycles. The van der Waals surface area contributed by atoms with Gasteiger partial charge in [-0.05, 0) is 63.5 Å². The van der Waals surface area contributed by atoms with Crippen LogP contribution in [0.4, 0.5) is 0 Å². The van der Waals surface area contributed by atoms with E-state index in [0.717, 1.165) is 5.92 Å². The SMILES string of the molecule is CC.CC.CCC1(CC)CC=C(C)CC1.CCC1CCNCC1. The van der Waals surface area contributed by atoms with Gasteiger partial charge in [-0.15, -0.1) is 0 Å². The van der Waals surface area contributed by atoms with E-state index in [-0.39, 0.29) is 0 Å². The zero-order chi connectivity index (χ0) is 18.1. The molecule has 140 valence electrons. The first-order chi connectivity index (χ1) is 11.2. The lowest BCUT2D eigenvalue weighted by Gasteiger charge is -2.34. The van der Waals surface area contributed by atoms with Gasteiger partial charge in [0.2, 0.25) is 0 Å². The second-order valence-corrected chi connectivity index (χ2v) is 6.56. The first-order valence-corrected chi connectivity index (χ1v) is 10.5. The molecule has 1 aliphatic carbocycles. The van der Waals surface area contributed by atoms with Crippen molar-refractivity contribution in [1.29, 1.82) is 0 Å². The van der Waals surface area contributed by atoms with Crippen molar-refractivity contribution in [3.63, 3.8) is 0 Å². The number of nitrogens with one attached hydrogen (secondary N) is 1. The standard InChI is InChI=1S/C11H20.C7H15N.2C2H6/c1-4-11(5-2)8-6-10(3)7-9-11;1-2-7-3-5-8-6-4-7;2*1-2/h6H,4-5,7-9H2,1-3H3;7-8H,2-6H2,1H3;2*1-2H3. The first kappa shape index (κ1) is 24.9. The average Bonchev–Trinajstić information content (AvgIpc) is 2.67. The Morgan fingerprint density at radius 1 is 1.00 bits per heavy atom. The second kappa shape index (κ2) is 16.6. The fraction of sp³-hybridized carbons (Fsp3) is 0.909. The minimum Gasteiger partial charge on any atom is -0.317 e. The molecule has 0 aromatic carbocycles. The van der Waals surface area contributed by atoms with E-state index in [0.29, 0.717) is 5.41 Å². The fourth-order valence-corrected chi connectivity index (χ4v) is 3.24. The van der Waals surface area contributed by atoms with E-state index in [1.807, 2.05) is 27.7 Å². The van der Waals surface area contributed by atoms with Crippen LogP contribution in [-0.2, 0) is 0 Å². The third-order valence-electron chi connectivity index (χ3n) is 5.47. The van der Waals surface area contributed by atoms with E-state index in [1.165, 1.54) is 64.5 Å². The van der Waals surface area contributed by atoms with Crippen LogP contribution >= 0.6 is 0 Å². The van der Waals surface area contributed by atoms with Crippen LogP contribution in [0, 0.1) is 11.3 Å². The zero-order valence-electron chi connectivity index (χ0n) is 17.7. The predicted octanol–water partition coefficient (Wildman–Crippen LogP) is 7.37. The Morgan fingerprint density at radius 2 is 1.52 bits per heavy atom. The van der Waals surface area contributed by atoms with Crippen LogP contribution in [0.5, 0.6) is 0 Å². The molecule has 0 spiro atoms. The molecule has 1 heterocycles. The molecule has 0 radical (unpaired) electrons. The van der Waals surface area contributed by atoms with Crippen molar-refractivity contribution in [3.05, 3.63) is 11.6 Å². The number of hydrogen-bond acceptors (Lipinski definition) is 1. The van der Waals surface area contributed by atoms with Crippen LogP contribution in [0.15, 0.2) is 11.6 Å². The highest BCUT2D eigenvalue weighted by Crippen LogP contribution is 2.40. The third-order valence-corrected chi connectivity index (χ3v) is 5.47. The lowest BCUT2D eigenvalue weighted by Crippen LogP contribution is -2.27. The van der Waals surface area contributed by atoms with Gasteiger partial charge in [-0.1, -0.05) is 79.4 Å². The summed E-state index contributed by atoms with van der Waals surface area (Å²) in [5.74, 6) is 1.02. The summed E-state index contributed by atoms with van der Waals surface area (Å²) < 4.78 is 0. The summed E-state index contributed by atoms with van der Waals surface area (Å²) in [5, 5.41) is 3.35. The minimum absolute atomic E-state index is 0.666. The Bertz CT molecular complexity index is 257. The highest BCUT2D eigenvalue weighted by Gasteiger charge is 2.26. The first-order valence-electron chi connectivity index (χ1n) is 10.5. The van der Waals surface area contributed by atoms with Crippen molar-refractivity contribution in [3.8, 4) is 0 Å². The second-order valence-electron chi connectivity index (χ2n) is 6.56. The minimum atomic E-state index is 0.666. The summed E-state index contributed by atoms with van der Waals surface area (Å²) in [5.41, 5.74) is 2.27. The monoisotopic (exact) mass is 325 g/mol. The van der Waals surface area contributed by atoms with Crippen LogP contribution < -0.4 is 5.32 Å². The third kappa shape index (κ3) is 11.0. The van der Waals surface area contributed by atoms with Gasteiger partial charge in [0.15, 0.2) is 0 Å². The van der Waals surface area contributed by atoms with Crippen LogP contribution in [-0.4, -0.2) is 13.1 Å². The Hall–Kier alpha value is -0.300. The maximum Gasteiger partial charge on any atom is -0.00463 e. The van der Waals surface area contributed by atoms with Crippen LogP contribution in [0.1, 0.15) is 107 Å². The predicted molar refractivity (Wildman–Crippen MR) is 109 cm³/mol. The number of rotatable bonds is 3. The molecule has 0 amide bonds. The molecule has 2 rings (SSSR count). The number of hydrogen-bond donors (Lipinski definition) is 1. The van der Waals surface area contributed by atoms with E-state index < -0.39 is 0 Å². The Labute approximate surface area is 148 Å². The van der Waals surface area contributed by atoms with Gasteiger partial charge in [-0.2, -0.15) is 0 Å². The Kier molecular flexibility index (Phi) is 18.0. The summed E-state index contributed by atoms with van der Waals surface area (Å²) in [7, 11) is 0. The molecule has 0 aromatic heterocycles. The molecule has 1 heteroatoms. The maximum atomic E-state index is 3.35. The summed E-state index contributed by atoms with van der Waals surface area (Å²) in [6, 6.07) is 0. The van der Waals surface area contributed by atoms with Crippen molar-refractivity contribution in [1.82, 2.24) is 5.32 Å². The molecule has 0 unspecified atom stereocenters. The van der Waals surface area contributed by atoms with Gasteiger partial charge in [0.1, 0.15) is 0 Å². The highest BCUT2D eigenvalue weighted by atomic mass is 14.9. The molecule has 0 bridgehead atoms. The van der Waals surface area contributed by atoms with E-state index in [9.17, 15) is 0 Å². The molecule has 0 atom stereocenters. The van der Waals surface area contributed by atoms with Gasteiger partial charge in [-0.3, -0.25) is 0 Å². The number of allylic oxidation sites excluding steroid dienone is 2. The number of piperidine rings is 1. The largest absolute Gasteiger partial charge is 0.317 e. The lowest BCUT2D eigenvalue weighted by atomic mass is 9.71. The molecule has 1 aliphatic heterocycles. The summed E-state index contributed by atoms with van der Waals surface area (Å²) in [6.45, 7) is 19.7. The highest BCUT2D eigenvalue weighted by molar-refractivity contribution is 5.06. The molecule has 1 N–H and O–H groups in total. The maximum absolute atomic E-state index is 3.35. The van der Waals surface area contributed by atoms with Crippen molar-refractivity contribution >= 4 is 0 Å². The van der Waals surface area contributed by atoms with Gasteiger partial charge < -0.3 is 5.32 Å². The molecular formula is C22H47N. The molecule has 2 aliphatic rings. The Morgan fingerprint density at radius 3 is 1.83 bits per heavy atom. The molecular weight excluding hydrogens is 278 g/mol. The fourth-order valence-electron chi connectivity index (χ4n) is 3.24. The quantitative estimate of drug-likeness (QED) is 0.534. The van der Waals surface area contributed by atoms with Crippen molar-refractivity contribution in [2.24, 2.45) is 11.3 Å². The summed E-state index contributed by atoms with van der Waals surface area (Å²) in [6.07, 6.45) is 13.4. The van der Waals surface area contributed by atoms with Crippen LogP contribution in [0.3, 0.4) is 0 Å². The molecule has 1 nitrogen and oxygen atoms in total. The molecule has 0 saturated carbocycles. The van der Waals surface area contributed by atoms with Gasteiger partial charge in [0.25, 0.3) is 0 Å². The molecule has 0 aromatic rings.